The minimum absolute atomic E-state index is 0.232. The SMILES string of the molecule is C=CCNS(=O)(=O)c1ccc(CCCCl)cc1. The second kappa shape index (κ2) is 6.79. The summed E-state index contributed by atoms with van der Waals surface area (Å²) in [7, 11) is -3.41. The summed E-state index contributed by atoms with van der Waals surface area (Å²) >= 11 is 5.60. The Labute approximate surface area is 108 Å². The lowest BCUT2D eigenvalue weighted by molar-refractivity contribution is 0.585. The molecule has 1 aromatic rings. The van der Waals surface area contributed by atoms with Crippen molar-refractivity contribution in [2.75, 3.05) is 12.4 Å². The Bertz CT molecular complexity index is 454. The number of alkyl halides is 1. The molecule has 0 aromatic heterocycles. The van der Waals surface area contributed by atoms with E-state index >= 15 is 0 Å². The molecular formula is C12H16ClNO2S. The van der Waals surface area contributed by atoms with Crippen molar-refractivity contribution in [3.63, 3.8) is 0 Å². The van der Waals surface area contributed by atoms with Crippen LogP contribution in [0.15, 0.2) is 41.8 Å². The van der Waals surface area contributed by atoms with Gasteiger partial charge in [-0.2, -0.15) is 0 Å². The molecule has 0 amide bonds. The van der Waals surface area contributed by atoms with E-state index in [0.717, 1.165) is 18.4 Å². The second-order valence-corrected chi connectivity index (χ2v) is 5.72. The minimum atomic E-state index is -3.41. The van der Waals surface area contributed by atoms with Crippen molar-refractivity contribution in [3.8, 4) is 0 Å². The summed E-state index contributed by atoms with van der Waals surface area (Å²) in [5.74, 6) is 0.612. The van der Waals surface area contributed by atoms with Gasteiger partial charge in [0.05, 0.1) is 4.90 Å². The Morgan fingerprint density at radius 1 is 1.29 bits per heavy atom. The molecule has 1 N–H and O–H groups in total. The standard InChI is InChI=1S/C12H16ClNO2S/c1-2-10-14-17(15,16)12-7-5-11(6-8-12)4-3-9-13/h2,5-8,14H,1,3-4,9-10H2. The molecule has 0 saturated carbocycles. The highest BCUT2D eigenvalue weighted by Gasteiger charge is 2.11. The summed E-state index contributed by atoms with van der Waals surface area (Å²) in [5.41, 5.74) is 1.09. The van der Waals surface area contributed by atoms with Crippen molar-refractivity contribution in [1.82, 2.24) is 4.72 Å². The van der Waals surface area contributed by atoms with E-state index in [0.29, 0.717) is 5.88 Å². The predicted molar refractivity (Wildman–Crippen MR) is 70.9 cm³/mol. The lowest BCUT2D eigenvalue weighted by atomic mass is 10.1. The third-order valence-corrected chi connectivity index (χ3v) is 3.96. The van der Waals surface area contributed by atoms with Crippen molar-refractivity contribution in [3.05, 3.63) is 42.5 Å². The molecule has 0 fully saturated rings. The molecule has 0 aliphatic carbocycles. The molecule has 0 aliphatic rings. The zero-order valence-corrected chi connectivity index (χ0v) is 11.1. The molecule has 0 bridgehead atoms. The maximum atomic E-state index is 11.7. The quantitative estimate of drug-likeness (QED) is 0.612. The van der Waals surface area contributed by atoms with Crippen LogP contribution >= 0.6 is 11.6 Å². The number of aryl methyl sites for hydroxylation is 1. The summed E-state index contributed by atoms with van der Waals surface area (Å²) < 4.78 is 25.9. The number of benzene rings is 1. The number of hydrogen-bond acceptors (Lipinski definition) is 2. The Kier molecular flexibility index (Phi) is 5.68. The fraction of sp³-hybridized carbons (Fsp3) is 0.333. The molecule has 1 aromatic carbocycles. The van der Waals surface area contributed by atoms with Crippen LogP contribution in [-0.4, -0.2) is 20.8 Å². The van der Waals surface area contributed by atoms with Gasteiger partial charge in [0.1, 0.15) is 0 Å². The average Bonchev–Trinajstić information content (AvgIpc) is 2.34. The largest absolute Gasteiger partial charge is 0.240 e. The summed E-state index contributed by atoms with van der Waals surface area (Å²) in [5, 5.41) is 0. The molecule has 0 saturated heterocycles. The Morgan fingerprint density at radius 3 is 2.47 bits per heavy atom. The molecule has 0 unspecified atom stereocenters. The normalized spacial score (nSPS) is 11.4. The molecule has 0 atom stereocenters. The van der Waals surface area contributed by atoms with Crippen LogP contribution in [0.3, 0.4) is 0 Å². The van der Waals surface area contributed by atoms with Gasteiger partial charge in [-0.15, -0.1) is 18.2 Å². The van der Waals surface area contributed by atoms with Crippen molar-refractivity contribution < 1.29 is 8.42 Å². The Morgan fingerprint density at radius 2 is 1.94 bits per heavy atom. The Hall–Kier alpha value is -0.840. The van der Waals surface area contributed by atoms with Crippen LogP contribution in [-0.2, 0) is 16.4 Å². The number of hydrogen-bond donors (Lipinski definition) is 1. The molecule has 0 spiro atoms. The van der Waals surface area contributed by atoms with Gasteiger partial charge in [-0.1, -0.05) is 18.2 Å². The number of sulfonamides is 1. The van der Waals surface area contributed by atoms with Crippen LogP contribution < -0.4 is 4.72 Å². The molecule has 94 valence electrons. The van der Waals surface area contributed by atoms with E-state index in [1.165, 1.54) is 6.08 Å². The van der Waals surface area contributed by atoms with Gasteiger partial charge in [-0.05, 0) is 30.5 Å². The van der Waals surface area contributed by atoms with Gasteiger partial charge in [-0.3, -0.25) is 0 Å². The third-order valence-electron chi connectivity index (χ3n) is 2.25. The molecular weight excluding hydrogens is 258 g/mol. The van der Waals surface area contributed by atoms with Crippen molar-refractivity contribution in [1.29, 1.82) is 0 Å². The Balaban J connectivity index is 2.76. The highest BCUT2D eigenvalue weighted by molar-refractivity contribution is 7.89. The van der Waals surface area contributed by atoms with Crippen LogP contribution in [0.1, 0.15) is 12.0 Å². The predicted octanol–water partition coefficient (Wildman–Crippen LogP) is 2.32. The van der Waals surface area contributed by atoms with Gasteiger partial charge in [0.15, 0.2) is 0 Å². The van der Waals surface area contributed by atoms with Gasteiger partial charge in [0.25, 0.3) is 0 Å². The van der Waals surface area contributed by atoms with Crippen molar-refractivity contribution in [2.24, 2.45) is 0 Å². The van der Waals surface area contributed by atoms with Gasteiger partial charge >= 0.3 is 0 Å². The average molecular weight is 274 g/mol. The zero-order valence-electron chi connectivity index (χ0n) is 9.52. The molecule has 0 radical (unpaired) electrons. The van der Waals surface area contributed by atoms with E-state index in [1.54, 1.807) is 12.1 Å². The fourth-order valence-electron chi connectivity index (χ4n) is 1.36. The number of halogens is 1. The smallest absolute Gasteiger partial charge is 0.207 e. The van der Waals surface area contributed by atoms with Gasteiger partial charge in [-0.25, -0.2) is 13.1 Å². The van der Waals surface area contributed by atoms with Crippen LogP contribution in [0, 0.1) is 0 Å². The summed E-state index contributed by atoms with van der Waals surface area (Å²) in [6.07, 6.45) is 3.26. The first-order valence-electron chi connectivity index (χ1n) is 5.35. The van der Waals surface area contributed by atoms with E-state index in [-0.39, 0.29) is 11.4 Å². The van der Waals surface area contributed by atoms with E-state index in [9.17, 15) is 8.42 Å². The van der Waals surface area contributed by atoms with Crippen LogP contribution in [0.25, 0.3) is 0 Å². The van der Waals surface area contributed by atoms with E-state index < -0.39 is 10.0 Å². The second-order valence-electron chi connectivity index (χ2n) is 3.58. The highest BCUT2D eigenvalue weighted by Crippen LogP contribution is 2.11. The molecule has 0 aliphatic heterocycles. The molecule has 1 rings (SSSR count). The summed E-state index contributed by atoms with van der Waals surface area (Å²) in [6.45, 7) is 3.70. The van der Waals surface area contributed by atoms with Crippen molar-refractivity contribution >= 4 is 21.6 Å². The van der Waals surface area contributed by atoms with Gasteiger partial charge in [0, 0.05) is 12.4 Å². The number of nitrogens with one attached hydrogen (secondary N) is 1. The maximum Gasteiger partial charge on any atom is 0.240 e. The summed E-state index contributed by atoms with van der Waals surface area (Å²) in [6, 6.07) is 6.84. The van der Waals surface area contributed by atoms with E-state index in [1.807, 2.05) is 12.1 Å². The molecule has 5 heteroatoms. The molecule has 17 heavy (non-hydrogen) atoms. The van der Waals surface area contributed by atoms with E-state index in [2.05, 4.69) is 11.3 Å². The first-order valence-corrected chi connectivity index (χ1v) is 7.37. The van der Waals surface area contributed by atoms with E-state index in [4.69, 9.17) is 11.6 Å². The number of rotatable bonds is 7. The minimum Gasteiger partial charge on any atom is -0.207 e. The first-order chi connectivity index (χ1) is 8.10. The van der Waals surface area contributed by atoms with Gasteiger partial charge in [0.2, 0.25) is 10.0 Å². The topological polar surface area (TPSA) is 46.2 Å². The van der Waals surface area contributed by atoms with Crippen LogP contribution in [0.4, 0.5) is 0 Å². The zero-order chi connectivity index (χ0) is 12.7. The monoisotopic (exact) mass is 273 g/mol. The molecule has 0 heterocycles. The van der Waals surface area contributed by atoms with Gasteiger partial charge < -0.3 is 0 Å². The highest BCUT2D eigenvalue weighted by atomic mass is 35.5. The van der Waals surface area contributed by atoms with Crippen molar-refractivity contribution in [2.45, 2.75) is 17.7 Å². The lowest BCUT2D eigenvalue weighted by Crippen LogP contribution is -2.23. The lowest BCUT2D eigenvalue weighted by Gasteiger charge is -2.05. The summed E-state index contributed by atoms with van der Waals surface area (Å²) in [4.78, 5) is 0.272. The molecule has 3 nitrogen and oxygen atoms in total. The van der Waals surface area contributed by atoms with Crippen LogP contribution in [0.5, 0.6) is 0 Å². The maximum absolute atomic E-state index is 11.7. The third kappa shape index (κ3) is 4.50. The first kappa shape index (κ1) is 14.2. The fourth-order valence-corrected chi connectivity index (χ4v) is 2.49. The van der Waals surface area contributed by atoms with Crippen LogP contribution in [0.2, 0.25) is 0 Å².